The summed E-state index contributed by atoms with van der Waals surface area (Å²) in [5.74, 6) is 0. The number of sulfone groups is 1. The van der Waals surface area contributed by atoms with Crippen LogP contribution in [0, 0.1) is 0 Å². The molecule has 0 aromatic heterocycles. The highest BCUT2D eigenvalue weighted by atomic mass is 32.2. The van der Waals surface area contributed by atoms with Crippen LogP contribution in [-0.2, 0) is 14.4 Å². The molecule has 0 aliphatic heterocycles. The third-order valence-electron chi connectivity index (χ3n) is 2.11. The molecular formula is C12H21O5PS. The van der Waals surface area contributed by atoms with Gasteiger partial charge in [-0.15, -0.1) is 0 Å². The summed E-state index contributed by atoms with van der Waals surface area (Å²) in [4.78, 5) is 17.2. The second-order valence-electron chi connectivity index (χ2n) is 4.62. The highest BCUT2D eigenvalue weighted by Gasteiger charge is 2.22. The third-order valence-corrected chi connectivity index (χ3v) is 5.46. The maximum atomic E-state index is 11.3. The number of hydrogen-bond acceptors (Lipinski definition) is 3. The predicted molar refractivity (Wildman–Crippen MR) is 77.4 cm³/mol. The summed E-state index contributed by atoms with van der Waals surface area (Å²) in [6, 6.07) is 0. The van der Waals surface area contributed by atoms with Gasteiger partial charge in [-0.1, -0.05) is 29.4 Å². The summed E-state index contributed by atoms with van der Waals surface area (Å²) in [5.41, 5.74) is 1.08. The molecule has 0 spiro atoms. The highest BCUT2D eigenvalue weighted by molar-refractivity contribution is 7.99. The average molecular weight is 308 g/mol. The van der Waals surface area contributed by atoms with E-state index in [1.165, 1.54) is 11.6 Å². The predicted octanol–water partition coefficient (Wildman–Crippen LogP) is 2.74. The minimum absolute atomic E-state index is 0.814. The Morgan fingerprint density at radius 3 is 2.26 bits per heavy atom. The van der Waals surface area contributed by atoms with Gasteiger partial charge in [0.25, 0.3) is 0 Å². The number of hydrogen-bond donors (Lipinski definition) is 2. The van der Waals surface area contributed by atoms with Gasteiger partial charge < -0.3 is 9.79 Å². The highest BCUT2D eigenvalue weighted by Crippen LogP contribution is 2.36. The van der Waals surface area contributed by atoms with E-state index in [0.717, 1.165) is 23.8 Å². The number of allylic oxidation sites excluding steroid dienone is 5. The zero-order chi connectivity index (χ0) is 15.1. The van der Waals surface area contributed by atoms with Crippen LogP contribution in [0.15, 0.2) is 34.8 Å². The third kappa shape index (κ3) is 12.1. The molecule has 0 unspecified atom stereocenters. The lowest BCUT2D eigenvalue weighted by Crippen LogP contribution is -2.02. The maximum absolute atomic E-state index is 11.3. The molecule has 0 saturated carbocycles. The molecule has 0 bridgehead atoms. The summed E-state index contributed by atoms with van der Waals surface area (Å²) in [7, 11) is -8.42. The zero-order valence-corrected chi connectivity index (χ0v) is 13.1. The van der Waals surface area contributed by atoms with Crippen molar-refractivity contribution in [1.82, 2.24) is 0 Å². The first-order valence-corrected chi connectivity index (χ1v) is 9.28. The van der Waals surface area contributed by atoms with Crippen LogP contribution in [0.3, 0.4) is 0 Å². The van der Waals surface area contributed by atoms with E-state index in [4.69, 9.17) is 9.79 Å². The average Bonchev–Trinajstić information content (AvgIpc) is 2.12. The summed E-state index contributed by atoms with van der Waals surface area (Å²) in [6.45, 7) is 5.89. The van der Waals surface area contributed by atoms with Crippen molar-refractivity contribution in [2.45, 2.75) is 33.6 Å². The standard InChI is InChI=1S/C12H21O5PS/c1-11(2)6-4-7-12(3)8-5-9-19(16,17)10-18(13,14)15/h5-6,8-9H,4,7,10H2,1-3H3,(H2,13,14,15)/b9-5+,12-8-. The minimum atomic E-state index is -4.55. The van der Waals surface area contributed by atoms with Gasteiger partial charge in [0.1, 0.15) is 0 Å². The van der Waals surface area contributed by atoms with E-state index >= 15 is 0 Å². The van der Waals surface area contributed by atoms with Crippen molar-refractivity contribution in [3.05, 3.63) is 34.8 Å². The van der Waals surface area contributed by atoms with E-state index in [1.807, 2.05) is 20.8 Å². The summed E-state index contributed by atoms with van der Waals surface area (Å²) < 4.78 is 33.2. The van der Waals surface area contributed by atoms with E-state index in [2.05, 4.69) is 6.08 Å². The lowest BCUT2D eigenvalue weighted by Gasteiger charge is -2.00. The molecule has 0 amide bonds. The van der Waals surface area contributed by atoms with Crippen molar-refractivity contribution >= 4 is 17.4 Å². The Bertz CT molecular complexity index is 518. The van der Waals surface area contributed by atoms with Gasteiger partial charge in [-0.25, -0.2) is 8.42 Å². The van der Waals surface area contributed by atoms with Crippen LogP contribution in [0.1, 0.15) is 33.6 Å². The molecule has 2 N–H and O–H groups in total. The normalized spacial score (nSPS) is 13.8. The topological polar surface area (TPSA) is 91.7 Å². The Morgan fingerprint density at radius 2 is 1.79 bits per heavy atom. The Kier molecular flexibility index (Phi) is 7.52. The van der Waals surface area contributed by atoms with Crippen molar-refractivity contribution in [3.63, 3.8) is 0 Å². The SMILES string of the molecule is CC(C)=CCC/C(C)=C\C=C\S(=O)(=O)CP(=O)(O)O. The molecule has 0 aliphatic rings. The van der Waals surface area contributed by atoms with E-state index < -0.39 is 22.9 Å². The molecule has 7 heteroatoms. The number of rotatable bonds is 7. The van der Waals surface area contributed by atoms with Gasteiger partial charge in [-0.2, -0.15) is 0 Å². The van der Waals surface area contributed by atoms with Crippen molar-refractivity contribution in [2.75, 3.05) is 5.49 Å². The molecule has 0 saturated heterocycles. The Labute approximate surface area is 114 Å². The molecule has 19 heavy (non-hydrogen) atoms. The van der Waals surface area contributed by atoms with Crippen molar-refractivity contribution < 1.29 is 22.8 Å². The van der Waals surface area contributed by atoms with Crippen LogP contribution in [0.4, 0.5) is 0 Å². The first kappa shape index (κ1) is 18.3. The van der Waals surface area contributed by atoms with Crippen molar-refractivity contribution in [1.29, 1.82) is 0 Å². The molecule has 0 fully saturated rings. The van der Waals surface area contributed by atoms with Gasteiger partial charge in [0.15, 0.2) is 15.3 Å². The molecule has 5 nitrogen and oxygen atoms in total. The van der Waals surface area contributed by atoms with Crippen LogP contribution in [0.2, 0.25) is 0 Å². The van der Waals surface area contributed by atoms with Gasteiger partial charge in [0.2, 0.25) is 0 Å². The Hall–Kier alpha value is -0.680. The summed E-state index contributed by atoms with van der Waals surface area (Å²) in [5, 5.41) is 0.830. The Balaban J connectivity index is 4.49. The molecule has 110 valence electrons. The summed E-state index contributed by atoms with van der Waals surface area (Å²) >= 11 is 0. The smallest absolute Gasteiger partial charge is 0.324 e. The van der Waals surface area contributed by atoms with E-state index in [1.54, 1.807) is 6.08 Å². The Morgan fingerprint density at radius 1 is 1.21 bits per heavy atom. The van der Waals surface area contributed by atoms with Crippen LogP contribution in [0.5, 0.6) is 0 Å². The second kappa shape index (κ2) is 7.80. The fraction of sp³-hybridized carbons (Fsp3) is 0.500. The minimum Gasteiger partial charge on any atom is -0.324 e. The quantitative estimate of drug-likeness (QED) is 0.428. The monoisotopic (exact) mass is 308 g/mol. The first-order chi connectivity index (χ1) is 8.52. The van der Waals surface area contributed by atoms with Crippen LogP contribution in [-0.4, -0.2) is 23.7 Å². The lowest BCUT2D eigenvalue weighted by molar-refractivity contribution is 0.378. The molecule has 0 rings (SSSR count). The summed E-state index contributed by atoms with van der Waals surface area (Å²) in [6.07, 6.45) is 6.73. The van der Waals surface area contributed by atoms with Crippen LogP contribution in [0.25, 0.3) is 0 Å². The molecule has 0 atom stereocenters. The fourth-order valence-electron chi connectivity index (χ4n) is 1.27. The van der Waals surface area contributed by atoms with Crippen molar-refractivity contribution in [3.8, 4) is 0 Å². The van der Waals surface area contributed by atoms with Crippen LogP contribution < -0.4 is 0 Å². The van der Waals surface area contributed by atoms with Crippen LogP contribution >= 0.6 is 7.60 Å². The largest absolute Gasteiger partial charge is 0.340 e. The lowest BCUT2D eigenvalue weighted by atomic mass is 10.1. The fourth-order valence-corrected chi connectivity index (χ4v) is 3.81. The van der Waals surface area contributed by atoms with Gasteiger partial charge in [-0.05, 0) is 33.6 Å². The molecule has 0 aromatic carbocycles. The molecule has 0 radical (unpaired) electrons. The van der Waals surface area contributed by atoms with E-state index in [-0.39, 0.29) is 0 Å². The molecule has 0 heterocycles. The van der Waals surface area contributed by atoms with Gasteiger partial charge >= 0.3 is 7.60 Å². The van der Waals surface area contributed by atoms with E-state index in [9.17, 15) is 13.0 Å². The zero-order valence-electron chi connectivity index (χ0n) is 11.4. The van der Waals surface area contributed by atoms with Gasteiger partial charge in [0, 0.05) is 5.41 Å². The molecule has 0 aromatic rings. The van der Waals surface area contributed by atoms with Gasteiger partial charge in [0.05, 0.1) is 0 Å². The first-order valence-electron chi connectivity index (χ1n) is 5.76. The molecular weight excluding hydrogens is 287 g/mol. The molecule has 0 aliphatic carbocycles. The van der Waals surface area contributed by atoms with E-state index in [0.29, 0.717) is 0 Å². The van der Waals surface area contributed by atoms with Gasteiger partial charge in [-0.3, -0.25) is 4.57 Å². The second-order valence-corrected chi connectivity index (χ2v) is 8.58. The van der Waals surface area contributed by atoms with Crippen molar-refractivity contribution in [2.24, 2.45) is 0 Å². The maximum Gasteiger partial charge on any atom is 0.340 e.